The summed E-state index contributed by atoms with van der Waals surface area (Å²) in [6.07, 6.45) is 4.07. The molecule has 4 heterocycles. The first-order chi connectivity index (χ1) is 19.7. The monoisotopic (exact) mass is 638 g/mol. The highest BCUT2D eigenvalue weighted by Crippen LogP contribution is 2.61. The number of alkyl halides is 1. The van der Waals surface area contributed by atoms with E-state index in [2.05, 4.69) is 34.0 Å². The molecule has 11 heteroatoms. The minimum atomic E-state index is -1.17. The van der Waals surface area contributed by atoms with Crippen LogP contribution in [0.1, 0.15) is 33.6 Å². The summed E-state index contributed by atoms with van der Waals surface area (Å²) in [5, 5.41) is 10.5. The third kappa shape index (κ3) is 5.89. The Morgan fingerprint density at radius 1 is 1.15 bits per heavy atom. The predicted octanol–water partition coefficient (Wildman–Crippen LogP) is 1.52. The van der Waals surface area contributed by atoms with Crippen LogP contribution in [0.4, 0.5) is 0 Å². The van der Waals surface area contributed by atoms with Crippen LogP contribution in [0.25, 0.3) is 0 Å². The minimum absolute atomic E-state index is 0.112. The number of amides is 3. The molecule has 0 aromatic heterocycles. The number of likely N-dealkylation sites (tertiary alicyclic amines) is 1. The Bertz CT molecular complexity index is 990. The second-order valence-corrected chi connectivity index (χ2v) is 13.2. The molecule has 10 nitrogen and oxygen atoms in total. The van der Waals surface area contributed by atoms with Gasteiger partial charge in [-0.2, -0.15) is 0 Å². The van der Waals surface area contributed by atoms with Crippen LogP contribution in [-0.2, 0) is 23.9 Å². The van der Waals surface area contributed by atoms with Crippen LogP contribution in [0.15, 0.2) is 25.3 Å². The smallest absolute Gasteiger partial charge is 0.248 e. The molecule has 4 aliphatic rings. The van der Waals surface area contributed by atoms with Gasteiger partial charge in [-0.15, -0.1) is 13.2 Å². The SMILES string of the molecule is C=CCN(CCN1CCOCC1)C(=O)C1N([C@@H](CO)C(C)C)C(=O)[C@@H]2[C@H](C(=O)N(CC=C)CCC)[C@H]3OC12CC3Br. The number of hydrogen-bond donors (Lipinski definition) is 1. The lowest BCUT2D eigenvalue weighted by Crippen LogP contribution is -2.60. The van der Waals surface area contributed by atoms with Gasteiger partial charge in [-0.25, -0.2) is 0 Å². The summed E-state index contributed by atoms with van der Waals surface area (Å²) < 4.78 is 12.2. The van der Waals surface area contributed by atoms with Gasteiger partial charge in [0.25, 0.3) is 0 Å². The number of halogens is 1. The number of fused-ring (bicyclic) bond motifs is 1. The van der Waals surface area contributed by atoms with Gasteiger partial charge in [-0.3, -0.25) is 19.3 Å². The third-order valence-corrected chi connectivity index (χ3v) is 10.0. The van der Waals surface area contributed by atoms with Gasteiger partial charge in [0.2, 0.25) is 17.7 Å². The van der Waals surface area contributed by atoms with Crippen LogP contribution < -0.4 is 0 Å². The maximum atomic E-state index is 14.6. The predicted molar refractivity (Wildman–Crippen MR) is 159 cm³/mol. The molecule has 230 valence electrons. The average Bonchev–Trinajstić information content (AvgIpc) is 3.54. The molecule has 0 aromatic carbocycles. The molecule has 4 fully saturated rings. The van der Waals surface area contributed by atoms with Crippen LogP contribution in [-0.4, -0.2) is 137 Å². The zero-order chi connectivity index (χ0) is 29.9. The van der Waals surface area contributed by atoms with Crippen molar-refractivity contribution in [2.75, 3.05) is 65.6 Å². The van der Waals surface area contributed by atoms with Crippen molar-refractivity contribution >= 4 is 33.7 Å². The zero-order valence-electron chi connectivity index (χ0n) is 24.8. The third-order valence-electron chi connectivity index (χ3n) is 9.17. The van der Waals surface area contributed by atoms with Gasteiger partial charge in [0.15, 0.2) is 0 Å². The fourth-order valence-corrected chi connectivity index (χ4v) is 8.18. The molecule has 0 aromatic rings. The summed E-state index contributed by atoms with van der Waals surface area (Å²) in [7, 11) is 0. The summed E-state index contributed by atoms with van der Waals surface area (Å²) in [4.78, 5) is 50.2. The maximum Gasteiger partial charge on any atom is 0.248 e. The Labute approximate surface area is 252 Å². The quantitative estimate of drug-likeness (QED) is 0.227. The molecule has 0 saturated carbocycles. The maximum absolute atomic E-state index is 14.6. The molecule has 1 spiro atoms. The summed E-state index contributed by atoms with van der Waals surface area (Å²) in [6.45, 7) is 18.6. The van der Waals surface area contributed by atoms with E-state index >= 15 is 0 Å². The molecule has 1 N–H and O–H groups in total. The molecule has 0 aliphatic carbocycles. The van der Waals surface area contributed by atoms with E-state index < -0.39 is 35.6 Å². The first kappa shape index (κ1) is 32.1. The van der Waals surface area contributed by atoms with Crippen LogP contribution in [0.2, 0.25) is 0 Å². The summed E-state index contributed by atoms with van der Waals surface area (Å²) in [6, 6.07) is -1.54. The van der Waals surface area contributed by atoms with Gasteiger partial charge < -0.3 is 29.3 Å². The van der Waals surface area contributed by atoms with Crippen molar-refractivity contribution in [2.45, 2.75) is 62.2 Å². The summed E-state index contributed by atoms with van der Waals surface area (Å²) in [5.74, 6) is -2.28. The van der Waals surface area contributed by atoms with Crippen LogP contribution in [0.3, 0.4) is 0 Å². The van der Waals surface area contributed by atoms with E-state index in [0.717, 1.165) is 19.5 Å². The lowest BCUT2D eigenvalue weighted by Gasteiger charge is -2.41. The van der Waals surface area contributed by atoms with E-state index in [0.29, 0.717) is 52.4 Å². The van der Waals surface area contributed by atoms with Crippen molar-refractivity contribution in [1.82, 2.24) is 19.6 Å². The standard InChI is InChI=1S/C30H47BrN4O6/c1-6-9-33(10-7-2)27(37)23-24-28(38)35(22(19-36)20(4)5)26(30(24)18-21(31)25(23)41-30)29(39)34(11-8-3)13-12-32-14-16-40-17-15-32/h6,8,20-26,36H,1,3,7,9-19H2,2,4-5H3/t21?,22-,23-,24-,25-,26?,30?/m0/s1. The lowest BCUT2D eigenvalue weighted by molar-refractivity contribution is -0.153. The molecule has 3 unspecified atom stereocenters. The number of carbonyl (C=O) groups excluding carboxylic acids is 3. The number of nitrogens with zero attached hydrogens (tertiary/aromatic N) is 4. The average molecular weight is 640 g/mol. The van der Waals surface area contributed by atoms with E-state index in [4.69, 9.17) is 9.47 Å². The van der Waals surface area contributed by atoms with Crippen molar-refractivity contribution in [3.05, 3.63) is 25.3 Å². The van der Waals surface area contributed by atoms with Crippen molar-refractivity contribution in [3.63, 3.8) is 0 Å². The first-order valence-electron chi connectivity index (χ1n) is 15.0. The number of aliphatic hydroxyl groups excluding tert-OH is 1. The van der Waals surface area contributed by atoms with Gasteiger partial charge in [-0.05, 0) is 18.8 Å². The van der Waals surface area contributed by atoms with Crippen LogP contribution in [0, 0.1) is 17.8 Å². The largest absolute Gasteiger partial charge is 0.394 e. The molecule has 4 rings (SSSR count). The van der Waals surface area contributed by atoms with E-state index in [9.17, 15) is 19.5 Å². The van der Waals surface area contributed by atoms with Crippen molar-refractivity contribution in [1.29, 1.82) is 0 Å². The molecule has 3 amide bonds. The number of morpholine rings is 1. The summed E-state index contributed by atoms with van der Waals surface area (Å²) >= 11 is 3.76. The Morgan fingerprint density at radius 3 is 2.34 bits per heavy atom. The first-order valence-corrected chi connectivity index (χ1v) is 15.9. The highest BCUT2D eigenvalue weighted by atomic mass is 79.9. The fourth-order valence-electron chi connectivity index (χ4n) is 7.24. The Morgan fingerprint density at radius 2 is 1.78 bits per heavy atom. The van der Waals surface area contributed by atoms with Gasteiger partial charge in [0.05, 0.1) is 43.8 Å². The van der Waals surface area contributed by atoms with E-state index in [1.54, 1.807) is 26.9 Å². The van der Waals surface area contributed by atoms with E-state index in [-0.39, 0.29) is 35.1 Å². The summed E-state index contributed by atoms with van der Waals surface area (Å²) in [5.41, 5.74) is -1.17. The molecule has 4 saturated heterocycles. The number of ether oxygens (including phenoxy) is 2. The van der Waals surface area contributed by atoms with Crippen LogP contribution in [0.5, 0.6) is 0 Å². The zero-order valence-corrected chi connectivity index (χ0v) is 26.3. The highest BCUT2D eigenvalue weighted by molar-refractivity contribution is 9.09. The van der Waals surface area contributed by atoms with Crippen molar-refractivity contribution in [2.24, 2.45) is 17.8 Å². The fraction of sp³-hybridized carbons (Fsp3) is 0.767. The lowest BCUT2D eigenvalue weighted by atomic mass is 9.70. The van der Waals surface area contributed by atoms with Gasteiger partial charge in [-0.1, -0.05) is 48.9 Å². The molecule has 7 atom stereocenters. The molecular formula is C30H47BrN4O6. The van der Waals surface area contributed by atoms with E-state index in [1.807, 2.05) is 20.8 Å². The molecular weight excluding hydrogens is 592 g/mol. The Balaban J connectivity index is 1.73. The molecule has 41 heavy (non-hydrogen) atoms. The molecule has 0 radical (unpaired) electrons. The molecule has 4 aliphatic heterocycles. The molecule has 2 bridgehead atoms. The highest BCUT2D eigenvalue weighted by Gasteiger charge is 2.77. The van der Waals surface area contributed by atoms with Crippen molar-refractivity contribution in [3.8, 4) is 0 Å². The van der Waals surface area contributed by atoms with E-state index in [1.165, 1.54) is 0 Å². The van der Waals surface area contributed by atoms with Gasteiger partial charge in [0.1, 0.15) is 11.6 Å². The van der Waals surface area contributed by atoms with Gasteiger partial charge in [0, 0.05) is 50.6 Å². The second kappa shape index (κ2) is 13.7. The topological polar surface area (TPSA) is 103 Å². The number of carbonyl (C=O) groups is 3. The normalized spacial score (nSPS) is 31.8. The second-order valence-electron chi connectivity index (χ2n) is 12.0. The minimum Gasteiger partial charge on any atom is -0.394 e. The Kier molecular flexibility index (Phi) is 10.7. The Hall–Kier alpha value is -1.79. The number of rotatable bonds is 14. The van der Waals surface area contributed by atoms with Crippen molar-refractivity contribution < 1.29 is 29.0 Å². The number of hydrogen-bond acceptors (Lipinski definition) is 7. The van der Waals surface area contributed by atoms with Gasteiger partial charge >= 0.3 is 0 Å². The van der Waals surface area contributed by atoms with Crippen LogP contribution >= 0.6 is 15.9 Å². The number of aliphatic hydroxyl groups is 1.